The minimum Gasteiger partial charge on any atom is -0.339 e. The summed E-state index contributed by atoms with van der Waals surface area (Å²) in [7, 11) is -2.01. The van der Waals surface area contributed by atoms with E-state index < -0.39 is 10.0 Å². The molecule has 4 aromatic rings. The Bertz CT molecular complexity index is 1210. The van der Waals surface area contributed by atoms with Gasteiger partial charge in [0.2, 0.25) is 0 Å². The molecule has 4 rings (SSSR count). The lowest BCUT2D eigenvalue weighted by molar-refractivity contribution is 0.598. The van der Waals surface area contributed by atoms with Gasteiger partial charge in [-0.15, -0.1) is 0 Å². The van der Waals surface area contributed by atoms with Crippen LogP contribution in [-0.2, 0) is 17.1 Å². The van der Waals surface area contributed by atoms with Gasteiger partial charge in [-0.05, 0) is 30.7 Å². The Kier molecular flexibility index (Phi) is 3.77. The number of aromatic nitrogens is 4. The van der Waals surface area contributed by atoms with Gasteiger partial charge in [0.1, 0.15) is 5.65 Å². The van der Waals surface area contributed by atoms with Crippen LogP contribution in [0.1, 0.15) is 5.56 Å². The number of hydrogen-bond acceptors (Lipinski definition) is 4. The van der Waals surface area contributed by atoms with Gasteiger partial charge in [0.25, 0.3) is 10.0 Å². The first-order chi connectivity index (χ1) is 12.4. The van der Waals surface area contributed by atoms with Crippen molar-refractivity contribution < 1.29 is 8.42 Å². The number of rotatable bonds is 4. The smallest absolute Gasteiger partial charge is 0.280 e. The van der Waals surface area contributed by atoms with Gasteiger partial charge in [-0.25, -0.2) is 9.97 Å². The van der Waals surface area contributed by atoms with Crippen LogP contribution in [-0.4, -0.2) is 27.4 Å². The Balaban J connectivity index is 1.69. The van der Waals surface area contributed by atoms with Gasteiger partial charge >= 0.3 is 0 Å². The van der Waals surface area contributed by atoms with Crippen molar-refractivity contribution in [1.82, 2.24) is 18.9 Å². The van der Waals surface area contributed by atoms with Crippen LogP contribution in [0.5, 0.6) is 0 Å². The maximum atomic E-state index is 12.4. The summed E-state index contributed by atoms with van der Waals surface area (Å²) in [6.45, 7) is 2.00. The van der Waals surface area contributed by atoms with Crippen LogP contribution in [0.25, 0.3) is 16.9 Å². The number of nitrogens with zero attached hydrogens (tertiary/aromatic N) is 4. The minimum atomic E-state index is -3.73. The van der Waals surface area contributed by atoms with Crippen molar-refractivity contribution in [2.24, 2.45) is 7.05 Å². The molecule has 0 saturated heterocycles. The molecule has 1 aromatic carbocycles. The second kappa shape index (κ2) is 5.99. The summed E-state index contributed by atoms with van der Waals surface area (Å²) >= 11 is 0. The van der Waals surface area contributed by atoms with Gasteiger partial charge in [-0.2, -0.15) is 8.42 Å². The molecule has 26 heavy (non-hydrogen) atoms. The molecule has 8 heteroatoms. The highest BCUT2D eigenvalue weighted by Crippen LogP contribution is 2.24. The number of sulfonamides is 1. The Labute approximate surface area is 151 Å². The molecule has 0 bridgehead atoms. The van der Waals surface area contributed by atoms with E-state index >= 15 is 0 Å². The molecule has 0 atom stereocenters. The molecule has 1 N–H and O–H groups in total. The SMILES string of the molecule is Cc1cccn2cc(-c3cccc(NS(=O)(=O)c4cn(C)cn4)c3)nc12. The van der Waals surface area contributed by atoms with E-state index in [0.29, 0.717) is 5.69 Å². The number of pyridine rings is 1. The zero-order chi connectivity index (χ0) is 18.3. The van der Waals surface area contributed by atoms with Crippen LogP contribution in [0.2, 0.25) is 0 Å². The van der Waals surface area contributed by atoms with Crippen molar-refractivity contribution in [3.63, 3.8) is 0 Å². The summed E-state index contributed by atoms with van der Waals surface area (Å²) in [5, 5.41) is -0.0197. The van der Waals surface area contributed by atoms with Crippen LogP contribution in [0.4, 0.5) is 5.69 Å². The molecule has 0 amide bonds. The molecule has 0 saturated carbocycles. The number of imidazole rings is 2. The summed E-state index contributed by atoms with van der Waals surface area (Å²) < 4.78 is 31.0. The molecule has 0 aliphatic carbocycles. The molecule has 0 aliphatic rings. The standard InChI is InChI=1S/C18H17N5O2S/c1-13-5-4-8-23-10-16(20-18(13)23)14-6-3-7-15(9-14)21-26(24,25)17-11-22(2)12-19-17/h3-12,21H,1-2H3. The fraction of sp³-hybridized carbons (Fsp3) is 0.111. The highest BCUT2D eigenvalue weighted by molar-refractivity contribution is 7.92. The summed E-state index contributed by atoms with van der Waals surface area (Å²) in [5.41, 5.74) is 4.02. The number of fused-ring (bicyclic) bond motifs is 1. The number of benzene rings is 1. The quantitative estimate of drug-likeness (QED) is 0.601. The molecule has 132 valence electrons. The largest absolute Gasteiger partial charge is 0.339 e. The number of hydrogen-bond donors (Lipinski definition) is 1. The monoisotopic (exact) mass is 367 g/mol. The van der Waals surface area contributed by atoms with Gasteiger partial charge < -0.3 is 8.97 Å². The van der Waals surface area contributed by atoms with E-state index in [0.717, 1.165) is 22.5 Å². The topological polar surface area (TPSA) is 81.3 Å². The molecule has 0 spiro atoms. The first-order valence-electron chi connectivity index (χ1n) is 7.98. The van der Waals surface area contributed by atoms with Crippen LogP contribution in [0.3, 0.4) is 0 Å². The highest BCUT2D eigenvalue weighted by Gasteiger charge is 2.17. The van der Waals surface area contributed by atoms with Crippen molar-refractivity contribution in [1.29, 1.82) is 0 Å². The third-order valence-electron chi connectivity index (χ3n) is 4.04. The lowest BCUT2D eigenvalue weighted by Gasteiger charge is -2.07. The lowest BCUT2D eigenvalue weighted by atomic mass is 10.1. The van der Waals surface area contributed by atoms with E-state index in [2.05, 4.69) is 14.7 Å². The Hall–Kier alpha value is -3.13. The summed E-state index contributed by atoms with van der Waals surface area (Å²) in [5.74, 6) is 0. The number of anilines is 1. The van der Waals surface area contributed by atoms with Crippen molar-refractivity contribution in [2.75, 3.05) is 4.72 Å². The van der Waals surface area contributed by atoms with Gasteiger partial charge in [0.15, 0.2) is 5.03 Å². The van der Waals surface area contributed by atoms with Crippen molar-refractivity contribution in [2.45, 2.75) is 11.9 Å². The molecule has 0 unspecified atom stereocenters. The molecule has 7 nitrogen and oxygen atoms in total. The molecule has 0 radical (unpaired) electrons. The zero-order valence-electron chi connectivity index (χ0n) is 14.3. The third kappa shape index (κ3) is 2.95. The highest BCUT2D eigenvalue weighted by atomic mass is 32.2. The van der Waals surface area contributed by atoms with Crippen molar-refractivity contribution in [3.8, 4) is 11.3 Å². The second-order valence-electron chi connectivity index (χ2n) is 6.11. The molecular weight excluding hydrogens is 350 g/mol. The van der Waals surface area contributed by atoms with Gasteiger partial charge in [-0.1, -0.05) is 18.2 Å². The van der Waals surface area contributed by atoms with E-state index in [1.165, 1.54) is 12.5 Å². The Morgan fingerprint density at radius 2 is 1.96 bits per heavy atom. The fourth-order valence-corrected chi connectivity index (χ4v) is 3.80. The first-order valence-corrected chi connectivity index (χ1v) is 9.46. The number of aryl methyl sites for hydroxylation is 2. The van der Waals surface area contributed by atoms with Crippen LogP contribution in [0.15, 0.2) is 66.3 Å². The van der Waals surface area contributed by atoms with Crippen molar-refractivity contribution >= 4 is 21.4 Å². The van der Waals surface area contributed by atoms with Crippen LogP contribution >= 0.6 is 0 Å². The Morgan fingerprint density at radius 1 is 1.12 bits per heavy atom. The Morgan fingerprint density at radius 3 is 2.69 bits per heavy atom. The summed E-state index contributed by atoms with van der Waals surface area (Å²) in [6, 6.07) is 11.1. The summed E-state index contributed by atoms with van der Waals surface area (Å²) in [6.07, 6.45) is 6.77. The lowest BCUT2D eigenvalue weighted by Crippen LogP contribution is -2.13. The predicted octanol–water partition coefficient (Wildman–Crippen LogP) is 2.84. The van der Waals surface area contributed by atoms with Crippen LogP contribution < -0.4 is 4.72 Å². The molecular formula is C18H17N5O2S. The molecule has 0 fully saturated rings. The minimum absolute atomic E-state index is 0.0197. The van der Waals surface area contributed by atoms with E-state index in [9.17, 15) is 8.42 Å². The maximum Gasteiger partial charge on any atom is 0.280 e. The normalized spacial score (nSPS) is 11.8. The average Bonchev–Trinajstić information content (AvgIpc) is 3.22. The van der Waals surface area contributed by atoms with Gasteiger partial charge in [0.05, 0.1) is 12.0 Å². The number of nitrogens with one attached hydrogen (secondary N) is 1. The van der Waals surface area contributed by atoms with E-state index in [4.69, 9.17) is 0 Å². The molecule has 3 heterocycles. The van der Waals surface area contributed by atoms with Gasteiger partial charge in [-0.3, -0.25) is 4.72 Å². The van der Waals surface area contributed by atoms with Crippen LogP contribution in [0, 0.1) is 6.92 Å². The fourth-order valence-electron chi connectivity index (χ4n) is 2.77. The maximum absolute atomic E-state index is 12.4. The van der Waals surface area contributed by atoms with Gasteiger partial charge in [0, 0.05) is 36.9 Å². The average molecular weight is 367 g/mol. The predicted molar refractivity (Wildman–Crippen MR) is 99.4 cm³/mol. The second-order valence-corrected chi connectivity index (χ2v) is 7.74. The molecule has 0 aliphatic heterocycles. The summed E-state index contributed by atoms with van der Waals surface area (Å²) in [4.78, 5) is 8.55. The molecule has 3 aromatic heterocycles. The third-order valence-corrected chi connectivity index (χ3v) is 5.31. The first kappa shape index (κ1) is 16.3. The zero-order valence-corrected chi connectivity index (χ0v) is 15.1. The van der Waals surface area contributed by atoms with E-state index in [-0.39, 0.29) is 5.03 Å². The van der Waals surface area contributed by atoms with Crippen molar-refractivity contribution in [3.05, 3.63) is 66.9 Å². The van der Waals surface area contributed by atoms with E-state index in [1.54, 1.807) is 29.8 Å². The van der Waals surface area contributed by atoms with E-state index in [1.807, 2.05) is 41.9 Å².